The first-order valence-electron chi connectivity index (χ1n) is 4.28. The number of aliphatic hydroxyl groups is 1. The third-order valence-electron chi connectivity index (χ3n) is 1.76. The van der Waals surface area contributed by atoms with Gasteiger partial charge in [0, 0.05) is 13.0 Å². The summed E-state index contributed by atoms with van der Waals surface area (Å²) in [6.45, 7) is 4.67. The van der Waals surface area contributed by atoms with E-state index in [0.29, 0.717) is 0 Å². The van der Waals surface area contributed by atoms with Crippen molar-refractivity contribution in [1.29, 1.82) is 0 Å². The van der Waals surface area contributed by atoms with Crippen molar-refractivity contribution in [3.05, 3.63) is 36.5 Å². The van der Waals surface area contributed by atoms with Crippen LogP contribution in [0.2, 0.25) is 0 Å². The molecular formula is C10H14N2O. The molecule has 0 radical (unpaired) electrons. The van der Waals surface area contributed by atoms with E-state index in [1.165, 1.54) is 0 Å². The predicted octanol–water partition coefficient (Wildman–Crippen LogP) is 0.997. The fraction of sp³-hybridized carbons (Fsp3) is 0.300. The maximum Gasteiger partial charge on any atom is 0.0693 e. The van der Waals surface area contributed by atoms with E-state index < -0.39 is 0 Å². The van der Waals surface area contributed by atoms with Crippen LogP contribution in [0.5, 0.6) is 0 Å². The molecule has 0 unspecified atom stereocenters. The Hall–Kier alpha value is -1.35. The Morgan fingerprint density at radius 1 is 1.69 bits per heavy atom. The summed E-state index contributed by atoms with van der Waals surface area (Å²) in [6, 6.07) is 0. The second kappa shape index (κ2) is 5.32. The van der Waals surface area contributed by atoms with Gasteiger partial charge in [-0.1, -0.05) is 30.9 Å². The average Bonchev–Trinajstić information content (AvgIpc) is 2.65. The van der Waals surface area contributed by atoms with Crippen molar-refractivity contribution in [2.45, 2.75) is 6.42 Å². The van der Waals surface area contributed by atoms with Crippen LogP contribution in [0.25, 0.3) is 0 Å². The molecule has 13 heavy (non-hydrogen) atoms. The number of allylic oxidation sites excluding steroid dienone is 4. The van der Waals surface area contributed by atoms with Gasteiger partial charge >= 0.3 is 0 Å². The molecule has 0 spiro atoms. The number of hydrazone groups is 1. The van der Waals surface area contributed by atoms with Crippen molar-refractivity contribution < 1.29 is 5.11 Å². The Bertz CT molecular complexity index is 264. The summed E-state index contributed by atoms with van der Waals surface area (Å²) in [7, 11) is 0. The predicted molar refractivity (Wildman–Crippen MR) is 54.6 cm³/mol. The zero-order valence-corrected chi connectivity index (χ0v) is 7.53. The second-order valence-corrected chi connectivity index (χ2v) is 2.65. The summed E-state index contributed by atoms with van der Waals surface area (Å²) in [4.78, 5) is 0. The van der Waals surface area contributed by atoms with E-state index in [1.54, 1.807) is 18.2 Å². The molecular weight excluding hydrogens is 164 g/mol. The monoisotopic (exact) mass is 178 g/mol. The molecule has 0 bridgehead atoms. The van der Waals surface area contributed by atoms with E-state index in [-0.39, 0.29) is 6.61 Å². The quantitative estimate of drug-likeness (QED) is 0.631. The van der Waals surface area contributed by atoms with Crippen LogP contribution in [0, 0.1) is 0 Å². The first kappa shape index (κ1) is 9.74. The number of rotatable bonds is 4. The number of nitrogens with zero attached hydrogens (tertiary/aromatic N) is 1. The van der Waals surface area contributed by atoms with Crippen LogP contribution < -0.4 is 5.43 Å². The Balaban J connectivity index is 2.65. The summed E-state index contributed by atoms with van der Waals surface area (Å²) in [5, 5.41) is 12.6. The number of nitrogens with one attached hydrogen (secondary N) is 1. The fourth-order valence-electron chi connectivity index (χ4n) is 1.11. The van der Waals surface area contributed by atoms with Gasteiger partial charge in [0.05, 0.1) is 12.3 Å². The van der Waals surface area contributed by atoms with Crippen molar-refractivity contribution in [2.75, 3.05) is 13.2 Å². The summed E-state index contributed by atoms with van der Waals surface area (Å²) in [5.41, 5.74) is 4.94. The molecule has 1 aliphatic heterocycles. The van der Waals surface area contributed by atoms with Crippen molar-refractivity contribution >= 4 is 5.71 Å². The van der Waals surface area contributed by atoms with Crippen molar-refractivity contribution in [1.82, 2.24) is 5.43 Å². The topological polar surface area (TPSA) is 44.6 Å². The van der Waals surface area contributed by atoms with Crippen molar-refractivity contribution in [3.8, 4) is 0 Å². The minimum atomic E-state index is 0.0612. The van der Waals surface area contributed by atoms with Gasteiger partial charge in [-0.05, 0) is 5.57 Å². The van der Waals surface area contributed by atoms with Crippen molar-refractivity contribution in [2.24, 2.45) is 5.10 Å². The normalized spacial score (nSPS) is 17.3. The van der Waals surface area contributed by atoms with Crippen LogP contribution in [-0.2, 0) is 0 Å². The zero-order chi connectivity index (χ0) is 9.52. The van der Waals surface area contributed by atoms with Crippen molar-refractivity contribution in [3.63, 3.8) is 0 Å². The highest BCUT2D eigenvalue weighted by molar-refractivity contribution is 6.03. The lowest BCUT2D eigenvalue weighted by Gasteiger charge is -1.96. The van der Waals surface area contributed by atoms with E-state index in [0.717, 1.165) is 24.3 Å². The van der Waals surface area contributed by atoms with Crippen LogP contribution in [-0.4, -0.2) is 24.0 Å². The zero-order valence-electron chi connectivity index (χ0n) is 7.53. The molecule has 3 heteroatoms. The van der Waals surface area contributed by atoms with E-state index in [2.05, 4.69) is 17.1 Å². The lowest BCUT2D eigenvalue weighted by molar-refractivity contribution is 0.343. The standard InChI is InChI=1S/C10H14N2O/c1-2-9(5-3-4-8-13)10-6-7-11-12-10/h2-5,11,13H,1,6-8H2/b4-3-,9-5+. The Morgan fingerprint density at radius 2 is 2.54 bits per heavy atom. The lowest BCUT2D eigenvalue weighted by atomic mass is 10.1. The average molecular weight is 178 g/mol. The van der Waals surface area contributed by atoms with Gasteiger partial charge in [0.2, 0.25) is 0 Å². The van der Waals surface area contributed by atoms with E-state index in [9.17, 15) is 0 Å². The highest BCUT2D eigenvalue weighted by Gasteiger charge is 2.07. The molecule has 0 aromatic heterocycles. The number of hydrogen-bond donors (Lipinski definition) is 2. The van der Waals surface area contributed by atoms with Crippen LogP contribution in [0.3, 0.4) is 0 Å². The third-order valence-corrected chi connectivity index (χ3v) is 1.76. The molecule has 0 saturated heterocycles. The summed E-state index contributed by atoms with van der Waals surface area (Å²) in [5.74, 6) is 0. The molecule has 2 N–H and O–H groups in total. The molecule has 1 aliphatic rings. The summed E-state index contributed by atoms with van der Waals surface area (Å²) in [6.07, 6.45) is 8.08. The molecule has 1 heterocycles. The van der Waals surface area contributed by atoms with Gasteiger partial charge in [-0.25, -0.2) is 0 Å². The lowest BCUT2D eigenvalue weighted by Crippen LogP contribution is -1.97. The SMILES string of the molecule is C=C/C(=C\C=C/CO)C1=NNCC1. The first-order chi connectivity index (χ1) is 6.38. The van der Waals surface area contributed by atoms with Gasteiger partial charge in [-0.15, -0.1) is 0 Å². The third kappa shape index (κ3) is 2.87. The molecule has 70 valence electrons. The molecule has 0 fully saturated rings. The first-order valence-corrected chi connectivity index (χ1v) is 4.28. The Kier molecular flexibility index (Phi) is 3.99. The molecule has 0 amide bonds. The fourth-order valence-corrected chi connectivity index (χ4v) is 1.11. The van der Waals surface area contributed by atoms with Gasteiger partial charge in [0.15, 0.2) is 0 Å². The van der Waals surface area contributed by atoms with E-state index in [1.807, 2.05) is 6.08 Å². The smallest absolute Gasteiger partial charge is 0.0693 e. The molecule has 0 aliphatic carbocycles. The molecule has 0 aromatic carbocycles. The van der Waals surface area contributed by atoms with E-state index in [4.69, 9.17) is 5.11 Å². The van der Waals surface area contributed by atoms with Gasteiger partial charge in [-0.3, -0.25) is 0 Å². The Morgan fingerprint density at radius 3 is 3.08 bits per heavy atom. The summed E-state index contributed by atoms with van der Waals surface area (Å²) >= 11 is 0. The van der Waals surface area contributed by atoms with Crippen LogP contribution in [0.1, 0.15) is 6.42 Å². The van der Waals surface area contributed by atoms with Gasteiger partial charge in [-0.2, -0.15) is 5.10 Å². The van der Waals surface area contributed by atoms with Crippen LogP contribution in [0.4, 0.5) is 0 Å². The van der Waals surface area contributed by atoms with Gasteiger partial charge in [0.1, 0.15) is 0 Å². The van der Waals surface area contributed by atoms with E-state index >= 15 is 0 Å². The maximum absolute atomic E-state index is 8.53. The maximum atomic E-state index is 8.53. The molecule has 0 aromatic rings. The molecule has 0 atom stereocenters. The van der Waals surface area contributed by atoms with Gasteiger partial charge < -0.3 is 10.5 Å². The second-order valence-electron chi connectivity index (χ2n) is 2.65. The minimum absolute atomic E-state index is 0.0612. The molecule has 1 rings (SSSR count). The van der Waals surface area contributed by atoms with Gasteiger partial charge in [0.25, 0.3) is 0 Å². The summed E-state index contributed by atoms with van der Waals surface area (Å²) < 4.78 is 0. The number of aliphatic hydroxyl groups excluding tert-OH is 1. The molecule has 3 nitrogen and oxygen atoms in total. The highest BCUT2D eigenvalue weighted by Crippen LogP contribution is 2.07. The largest absolute Gasteiger partial charge is 0.392 e. The minimum Gasteiger partial charge on any atom is -0.392 e. The molecule has 0 saturated carbocycles. The van der Waals surface area contributed by atoms with Crippen LogP contribution >= 0.6 is 0 Å². The highest BCUT2D eigenvalue weighted by atomic mass is 16.2. The van der Waals surface area contributed by atoms with Crippen LogP contribution in [0.15, 0.2) is 41.6 Å². The number of hydrogen-bond acceptors (Lipinski definition) is 3. The Labute approximate surface area is 78.2 Å².